The lowest BCUT2D eigenvalue weighted by atomic mass is 10.2. The lowest BCUT2D eigenvalue weighted by Crippen LogP contribution is -2.27. The smallest absolute Gasteiger partial charge is 0.344 e. The minimum Gasteiger partial charge on any atom is -0.480 e. The van der Waals surface area contributed by atoms with E-state index in [2.05, 4.69) is 5.32 Å². The number of esters is 1. The van der Waals surface area contributed by atoms with Gasteiger partial charge in [0, 0.05) is 12.1 Å². The third-order valence-electron chi connectivity index (χ3n) is 2.26. The number of carbonyl (C=O) groups excluding carboxylic acids is 2. The van der Waals surface area contributed by atoms with Crippen molar-refractivity contribution < 1.29 is 23.8 Å². The third kappa shape index (κ3) is 6.78. The third-order valence-corrected chi connectivity index (χ3v) is 2.49. The van der Waals surface area contributed by atoms with Crippen molar-refractivity contribution >= 4 is 29.2 Å². The molecule has 0 radical (unpaired) electrons. The molecule has 0 saturated carbocycles. The second-order valence-electron chi connectivity index (χ2n) is 5.50. The molecule has 6 nitrogen and oxygen atoms in total. The van der Waals surface area contributed by atoms with Crippen LogP contribution in [0.5, 0.6) is 5.75 Å². The Morgan fingerprint density at radius 2 is 1.91 bits per heavy atom. The summed E-state index contributed by atoms with van der Waals surface area (Å²) >= 11 is 5.90. The molecule has 0 aliphatic heterocycles. The van der Waals surface area contributed by atoms with Gasteiger partial charge in [-0.25, -0.2) is 4.79 Å². The van der Waals surface area contributed by atoms with E-state index in [1.54, 1.807) is 32.9 Å². The van der Waals surface area contributed by atoms with Gasteiger partial charge in [-0.15, -0.1) is 0 Å². The van der Waals surface area contributed by atoms with Crippen LogP contribution in [0.4, 0.5) is 5.69 Å². The van der Waals surface area contributed by atoms with Gasteiger partial charge in [0.2, 0.25) is 5.91 Å². The van der Waals surface area contributed by atoms with Crippen molar-refractivity contribution in [1.82, 2.24) is 0 Å². The van der Waals surface area contributed by atoms with Crippen molar-refractivity contribution in [2.24, 2.45) is 0 Å². The Hall–Kier alpha value is -1.79. The fraction of sp³-hybridized carbons (Fsp3) is 0.467. The van der Waals surface area contributed by atoms with E-state index in [4.69, 9.17) is 25.8 Å². The van der Waals surface area contributed by atoms with Gasteiger partial charge in [0.05, 0.1) is 5.69 Å². The summed E-state index contributed by atoms with van der Waals surface area (Å²) in [4.78, 5) is 23.2. The second kappa shape index (κ2) is 8.00. The van der Waals surface area contributed by atoms with Crippen LogP contribution in [-0.2, 0) is 19.1 Å². The topological polar surface area (TPSA) is 73.9 Å². The van der Waals surface area contributed by atoms with Crippen molar-refractivity contribution in [2.75, 3.05) is 25.6 Å². The number of carbonyl (C=O) groups is 2. The maximum atomic E-state index is 11.7. The predicted molar refractivity (Wildman–Crippen MR) is 83.3 cm³/mol. The zero-order valence-corrected chi connectivity index (χ0v) is 13.8. The van der Waals surface area contributed by atoms with Crippen molar-refractivity contribution in [3.05, 3.63) is 23.2 Å². The lowest BCUT2D eigenvalue weighted by molar-refractivity contribution is -0.157. The number of amides is 1. The molecule has 1 rings (SSSR count). The number of rotatable bonds is 6. The van der Waals surface area contributed by atoms with Gasteiger partial charge in [-0.3, -0.25) is 4.79 Å². The van der Waals surface area contributed by atoms with E-state index < -0.39 is 11.6 Å². The van der Waals surface area contributed by atoms with E-state index in [0.29, 0.717) is 16.5 Å². The number of ether oxygens (including phenoxy) is 3. The monoisotopic (exact) mass is 329 g/mol. The van der Waals surface area contributed by atoms with Gasteiger partial charge in [0.15, 0.2) is 6.61 Å². The van der Waals surface area contributed by atoms with Crippen molar-refractivity contribution in [3.8, 4) is 5.75 Å². The van der Waals surface area contributed by atoms with E-state index in [1.165, 1.54) is 13.2 Å². The molecule has 1 amide bonds. The first-order valence-electron chi connectivity index (χ1n) is 6.64. The molecular weight excluding hydrogens is 310 g/mol. The van der Waals surface area contributed by atoms with E-state index >= 15 is 0 Å². The minimum atomic E-state index is -0.587. The maximum Gasteiger partial charge on any atom is 0.344 e. The number of benzene rings is 1. The summed E-state index contributed by atoms with van der Waals surface area (Å²) in [7, 11) is 1.41. The molecule has 0 aliphatic carbocycles. The average Bonchev–Trinajstić information content (AvgIpc) is 2.36. The summed E-state index contributed by atoms with van der Waals surface area (Å²) in [6.07, 6.45) is 0. The first kappa shape index (κ1) is 18.3. The van der Waals surface area contributed by atoms with Gasteiger partial charge < -0.3 is 19.5 Å². The lowest BCUT2D eigenvalue weighted by Gasteiger charge is -2.20. The molecule has 0 unspecified atom stereocenters. The van der Waals surface area contributed by atoms with E-state index in [-0.39, 0.29) is 19.1 Å². The van der Waals surface area contributed by atoms with Crippen LogP contribution in [0.2, 0.25) is 5.02 Å². The SMILES string of the molecule is COCC(=O)Nc1cc(Cl)ccc1OCC(=O)OC(C)(C)C. The fourth-order valence-corrected chi connectivity index (χ4v) is 1.72. The summed E-state index contributed by atoms with van der Waals surface area (Å²) in [5.41, 5.74) is -0.228. The average molecular weight is 330 g/mol. The molecule has 1 aromatic rings. The molecule has 1 N–H and O–H groups in total. The van der Waals surface area contributed by atoms with E-state index in [0.717, 1.165) is 0 Å². The molecule has 7 heteroatoms. The van der Waals surface area contributed by atoms with Gasteiger partial charge in [-0.2, -0.15) is 0 Å². The number of hydrogen-bond acceptors (Lipinski definition) is 5. The van der Waals surface area contributed by atoms with Gasteiger partial charge in [0.1, 0.15) is 18.0 Å². The van der Waals surface area contributed by atoms with Gasteiger partial charge in [-0.1, -0.05) is 11.6 Å². The molecular formula is C15H20ClNO5. The van der Waals surface area contributed by atoms with Crippen molar-refractivity contribution in [3.63, 3.8) is 0 Å². The van der Waals surface area contributed by atoms with Crippen LogP contribution < -0.4 is 10.1 Å². The Morgan fingerprint density at radius 3 is 2.50 bits per heavy atom. The summed E-state index contributed by atoms with van der Waals surface area (Å²) in [6, 6.07) is 4.69. The molecule has 0 atom stereocenters. The summed E-state index contributed by atoms with van der Waals surface area (Å²) < 4.78 is 15.3. The number of halogens is 1. The number of anilines is 1. The van der Waals surface area contributed by atoms with Gasteiger partial charge in [-0.05, 0) is 39.0 Å². The molecule has 0 bridgehead atoms. The Balaban J connectivity index is 2.73. The van der Waals surface area contributed by atoms with Crippen LogP contribution in [-0.4, -0.2) is 37.8 Å². The summed E-state index contributed by atoms with van der Waals surface area (Å²) in [5, 5.41) is 3.03. The molecule has 1 aromatic carbocycles. The number of hydrogen-bond donors (Lipinski definition) is 1. The highest BCUT2D eigenvalue weighted by Crippen LogP contribution is 2.28. The predicted octanol–water partition coefficient (Wildman–Crippen LogP) is 2.65. The number of nitrogens with one attached hydrogen (secondary N) is 1. The second-order valence-corrected chi connectivity index (χ2v) is 5.93. The van der Waals surface area contributed by atoms with Gasteiger partial charge >= 0.3 is 5.97 Å². The maximum absolute atomic E-state index is 11.7. The van der Waals surface area contributed by atoms with Crippen molar-refractivity contribution in [2.45, 2.75) is 26.4 Å². The van der Waals surface area contributed by atoms with Crippen LogP contribution in [0, 0.1) is 0 Å². The van der Waals surface area contributed by atoms with Gasteiger partial charge in [0.25, 0.3) is 0 Å². The Bertz CT molecular complexity index is 539. The first-order chi connectivity index (χ1) is 10.2. The molecule has 0 fully saturated rings. The standard InChI is InChI=1S/C15H20ClNO5/c1-15(2,3)22-14(19)9-21-12-6-5-10(16)7-11(12)17-13(18)8-20-4/h5-7H,8-9H2,1-4H3,(H,17,18). The largest absolute Gasteiger partial charge is 0.480 e. The minimum absolute atomic E-state index is 0.0992. The highest BCUT2D eigenvalue weighted by Gasteiger charge is 2.17. The fourth-order valence-electron chi connectivity index (χ4n) is 1.55. The molecule has 122 valence electrons. The molecule has 0 heterocycles. The molecule has 0 spiro atoms. The Morgan fingerprint density at radius 1 is 1.23 bits per heavy atom. The Labute approximate surface area is 134 Å². The van der Waals surface area contributed by atoms with E-state index in [1.807, 2.05) is 0 Å². The van der Waals surface area contributed by atoms with E-state index in [9.17, 15) is 9.59 Å². The molecule has 0 aliphatic rings. The first-order valence-corrected chi connectivity index (χ1v) is 7.02. The summed E-state index contributed by atoms with van der Waals surface area (Å²) in [5.74, 6) is -0.539. The molecule has 0 saturated heterocycles. The highest BCUT2D eigenvalue weighted by atomic mass is 35.5. The zero-order valence-electron chi connectivity index (χ0n) is 13.1. The molecule has 22 heavy (non-hydrogen) atoms. The van der Waals surface area contributed by atoms with Crippen molar-refractivity contribution in [1.29, 1.82) is 0 Å². The van der Waals surface area contributed by atoms with Crippen LogP contribution in [0.1, 0.15) is 20.8 Å². The zero-order chi connectivity index (χ0) is 16.8. The van der Waals surface area contributed by atoms with Crippen LogP contribution in [0.3, 0.4) is 0 Å². The highest BCUT2D eigenvalue weighted by molar-refractivity contribution is 6.31. The van der Waals surface area contributed by atoms with Crippen LogP contribution in [0.15, 0.2) is 18.2 Å². The van der Waals surface area contributed by atoms with Crippen LogP contribution >= 0.6 is 11.6 Å². The number of methoxy groups -OCH3 is 1. The Kier molecular flexibility index (Phi) is 6.64. The van der Waals surface area contributed by atoms with Crippen LogP contribution in [0.25, 0.3) is 0 Å². The quantitative estimate of drug-likeness (QED) is 0.812. The summed E-state index contributed by atoms with van der Waals surface area (Å²) in [6.45, 7) is 4.93. The normalized spacial score (nSPS) is 11.0. The molecule has 0 aromatic heterocycles.